The number of aromatic nitrogens is 2. The molecule has 0 spiro atoms. The summed E-state index contributed by atoms with van der Waals surface area (Å²) < 4.78 is 5.24. The number of aryl methyl sites for hydroxylation is 2. The Hall–Kier alpha value is -2.70. The normalized spacial score (nSPS) is 10.5. The van der Waals surface area contributed by atoms with Crippen LogP contribution in [-0.4, -0.2) is 27.1 Å². The maximum atomic E-state index is 12.1. The predicted octanol–water partition coefficient (Wildman–Crippen LogP) is 1.82. The van der Waals surface area contributed by atoms with Crippen LogP contribution in [0.1, 0.15) is 51.7 Å². The van der Waals surface area contributed by atoms with Gasteiger partial charge in [0.2, 0.25) is 0 Å². The van der Waals surface area contributed by atoms with E-state index < -0.39 is 5.97 Å². The van der Waals surface area contributed by atoms with Crippen LogP contribution in [-0.2, 0) is 19.4 Å². The van der Waals surface area contributed by atoms with Crippen LogP contribution < -0.4 is 5.32 Å². The third-order valence-corrected chi connectivity index (χ3v) is 3.27. The summed E-state index contributed by atoms with van der Waals surface area (Å²) in [6.07, 6.45) is 2.70. The van der Waals surface area contributed by atoms with Crippen LogP contribution in [0.2, 0.25) is 0 Å². The average molecular weight is 303 g/mol. The van der Waals surface area contributed by atoms with E-state index in [0.717, 1.165) is 17.0 Å². The van der Waals surface area contributed by atoms with Gasteiger partial charge in [0.1, 0.15) is 11.5 Å². The molecule has 2 rings (SSSR count). The molecule has 0 aromatic carbocycles. The Balaban J connectivity index is 2.12. The summed E-state index contributed by atoms with van der Waals surface area (Å²) >= 11 is 0. The van der Waals surface area contributed by atoms with Gasteiger partial charge in [-0.1, -0.05) is 19.0 Å². The first-order valence-electron chi connectivity index (χ1n) is 7.00. The topological polar surface area (TPSA) is 105 Å². The zero-order valence-corrected chi connectivity index (χ0v) is 12.4. The maximum Gasteiger partial charge on any atom is 0.354 e. The molecule has 0 aliphatic carbocycles. The molecular formula is C15H17N3O4. The largest absolute Gasteiger partial charge is 0.477 e. The highest BCUT2D eigenvalue weighted by Crippen LogP contribution is 2.15. The van der Waals surface area contributed by atoms with E-state index in [1.54, 1.807) is 0 Å². The van der Waals surface area contributed by atoms with Gasteiger partial charge in [0.15, 0.2) is 0 Å². The predicted molar refractivity (Wildman–Crippen MR) is 77.6 cm³/mol. The number of carbonyl (C=O) groups excluding carboxylic acids is 1. The molecular weight excluding hydrogens is 286 g/mol. The second-order valence-electron chi connectivity index (χ2n) is 4.66. The third-order valence-electron chi connectivity index (χ3n) is 3.27. The van der Waals surface area contributed by atoms with Crippen molar-refractivity contribution in [2.75, 3.05) is 0 Å². The number of nitrogens with zero attached hydrogens (tertiary/aromatic N) is 2. The van der Waals surface area contributed by atoms with Crippen molar-refractivity contribution in [3.63, 3.8) is 0 Å². The summed E-state index contributed by atoms with van der Waals surface area (Å²) in [5.41, 5.74) is 1.78. The van der Waals surface area contributed by atoms with Crippen LogP contribution in [0.3, 0.4) is 0 Å². The minimum Gasteiger partial charge on any atom is -0.477 e. The van der Waals surface area contributed by atoms with E-state index in [-0.39, 0.29) is 17.2 Å². The van der Waals surface area contributed by atoms with Crippen molar-refractivity contribution < 1.29 is 19.2 Å². The zero-order valence-electron chi connectivity index (χ0n) is 12.4. The Morgan fingerprint density at radius 1 is 1.32 bits per heavy atom. The SMILES string of the molecule is CCc1noc(CC)c1CNC(=O)c1ccnc(C(=O)O)c1. The average Bonchev–Trinajstić information content (AvgIpc) is 2.94. The lowest BCUT2D eigenvalue weighted by molar-refractivity contribution is 0.0690. The molecule has 2 aromatic heterocycles. The Morgan fingerprint density at radius 2 is 2.09 bits per heavy atom. The Kier molecular flexibility index (Phi) is 4.88. The summed E-state index contributed by atoms with van der Waals surface area (Å²) in [6, 6.07) is 2.71. The van der Waals surface area contributed by atoms with Gasteiger partial charge in [-0.05, 0) is 18.6 Å². The van der Waals surface area contributed by atoms with Crippen LogP contribution in [0.25, 0.3) is 0 Å². The number of nitrogens with one attached hydrogen (secondary N) is 1. The maximum absolute atomic E-state index is 12.1. The van der Waals surface area contributed by atoms with Crippen molar-refractivity contribution in [3.05, 3.63) is 46.6 Å². The van der Waals surface area contributed by atoms with E-state index in [1.807, 2.05) is 13.8 Å². The van der Waals surface area contributed by atoms with Gasteiger partial charge in [0.25, 0.3) is 5.91 Å². The minimum absolute atomic E-state index is 0.166. The number of carboxylic acid groups (broad SMARTS) is 1. The number of rotatable bonds is 6. The molecule has 0 aliphatic rings. The molecule has 2 aromatic rings. The fraction of sp³-hybridized carbons (Fsp3) is 0.333. The third kappa shape index (κ3) is 3.30. The Labute approximate surface area is 127 Å². The Morgan fingerprint density at radius 3 is 2.73 bits per heavy atom. The van der Waals surface area contributed by atoms with E-state index in [0.29, 0.717) is 19.4 Å². The zero-order chi connectivity index (χ0) is 16.1. The van der Waals surface area contributed by atoms with Gasteiger partial charge < -0.3 is 14.9 Å². The van der Waals surface area contributed by atoms with Crippen LogP contribution in [0.4, 0.5) is 0 Å². The fourth-order valence-corrected chi connectivity index (χ4v) is 2.10. The molecule has 7 nitrogen and oxygen atoms in total. The van der Waals surface area contributed by atoms with E-state index in [9.17, 15) is 9.59 Å². The van der Waals surface area contributed by atoms with E-state index >= 15 is 0 Å². The molecule has 1 amide bonds. The van der Waals surface area contributed by atoms with E-state index in [4.69, 9.17) is 9.63 Å². The molecule has 0 saturated carbocycles. The number of carbonyl (C=O) groups is 2. The number of hydrogen-bond acceptors (Lipinski definition) is 5. The van der Waals surface area contributed by atoms with Gasteiger partial charge in [0.05, 0.1) is 5.69 Å². The summed E-state index contributed by atoms with van der Waals surface area (Å²) in [4.78, 5) is 26.7. The lowest BCUT2D eigenvalue weighted by Gasteiger charge is -2.06. The van der Waals surface area contributed by atoms with Crippen molar-refractivity contribution in [2.45, 2.75) is 33.2 Å². The molecule has 22 heavy (non-hydrogen) atoms. The molecule has 0 fully saturated rings. The molecule has 0 aliphatic heterocycles. The number of amides is 1. The van der Waals surface area contributed by atoms with Gasteiger partial charge in [-0.15, -0.1) is 0 Å². The van der Waals surface area contributed by atoms with Gasteiger partial charge >= 0.3 is 5.97 Å². The fourth-order valence-electron chi connectivity index (χ4n) is 2.10. The quantitative estimate of drug-likeness (QED) is 0.843. The molecule has 2 heterocycles. The number of aromatic carboxylic acids is 1. The van der Waals surface area contributed by atoms with Gasteiger partial charge in [-0.3, -0.25) is 4.79 Å². The first-order valence-corrected chi connectivity index (χ1v) is 7.00. The number of pyridine rings is 1. The van der Waals surface area contributed by atoms with E-state index in [2.05, 4.69) is 15.5 Å². The highest BCUT2D eigenvalue weighted by Gasteiger charge is 2.15. The lowest BCUT2D eigenvalue weighted by atomic mass is 10.1. The number of carboxylic acids is 1. The number of hydrogen-bond donors (Lipinski definition) is 2. The second kappa shape index (κ2) is 6.84. The summed E-state index contributed by atoms with van der Waals surface area (Å²) in [6.45, 7) is 4.21. The summed E-state index contributed by atoms with van der Waals surface area (Å²) in [5.74, 6) is -0.788. The van der Waals surface area contributed by atoms with Gasteiger partial charge in [0, 0.05) is 30.3 Å². The molecule has 0 bridgehead atoms. The smallest absolute Gasteiger partial charge is 0.354 e. The summed E-state index contributed by atoms with van der Waals surface area (Å²) in [7, 11) is 0. The first-order chi connectivity index (χ1) is 10.6. The standard InChI is InChI=1S/C15H17N3O4/c1-3-11-10(13(4-2)22-18-11)8-17-14(19)9-5-6-16-12(7-9)15(20)21/h5-7H,3-4,8H2,1-2H3,(H,17,19)(H,20,21). The van der Waals surface area contributed by atoms with Crippen molar-refractivity contribution in [1.29, 1.82) is 0 Å². The van der Waals surface area contributed by atoms with Crippen LogP contribution >= 0.6 is 0 Å². The van der Waals surface area contributed by atoms with E-state index in [1.165, 1.54) is 18.3 Å². The molecule has 0 saturated heterocycles. The highest BCUT2D eigenvalue weighted by atomic mass is 16.5. The highest BCUT2D eigenvalue weighted by molar-refractivity contribution is 5.96. The second-order valence-corrected chi connectivity index (χ2v) is 4.66. The molecule has 0 atom stereocenters. The van der Waals surface area contributed by atoms with Crippen molar-refractivity contribution in [3.8, 4) is 0 Å². The molecule has 0 radical (unpaired) electrons. The lowest BCUT2D eigenvalue weighted by Crippen LogP contribution is -2.24. The molecule has 2 N–H and O–H groups in total. The van der Waals surface area contributed by atoms with Crippen molar-refractivity contribution >= 4 is 11.9 Å². The molecule has 7 heteroatoms. The van der Waals surface area contributed by atoms with Gasteiger partial charge in [-0.2, -0.15) is 0 Å². The molecule has 0 unspecified atom stereocenters. The van der Waals surface area contributed by atoms with Crippen molar-refractivity contribution in [2.24, 2.45) is 0 Å². The van der Waals surface area contributed by atoms with Crippen LogP contribution in [0.15, 0.2) is 22.9 Å². The minimum atomic E-state index is -1.17. The first kappa shape index (κ1) is 15.7. The van der Waals surface area contributed by atoms with Crippen LogP contribution in [0.5, 0.6) is 0 Å². The van der Waals surface area contributed by atoms with Crippen molar-refractivity contribution in [1.82, 2.24) is 15.5 Å². The monoisotopic (exact) mass is 303 g/mol. The summed E-state index contributed by atoms with van der Waals surface area (Å²) in [5, 5.41) is 15.6. The van der Waals surface area contributed by atoms with Crippen LogP contribution in [0, 0.1) is 0 Å². The van der Waals surface area contributed by atoms with Gasteiger partial charge in [-0.25, -0.2) is 9.78 Å². The Bertz CT molecular complexity index is 672. The molecule has 116 valence electrons.